The molecule has 1 aromatic heterocycles. The number of benzene rings is 2. The van der Waals surface area contributed by atoms with Crippen LogP contribution in [0.4, 0.5) is 0 Å². The number of nitrogens with one attached hydrogen (secondary N) is 1. The summed E-state index contributed by atoms with van der Waals surface area (Å²) in [5.41, 5.74) is 6.61. The van der Waals surface area contributed by atoms with Crippen molar-refractivity contribution in [2.45, 2.75) is 44.1 Å². The van der Waals surface area contributed by atoms with E-state index in [1.165, 1.54) is 12.3 Å². The van der Waals surface area contributed by atoms with Crippen LogP contribution in [-0.4, -0.2) is 22.8 Å². The van der Waals surface area contributed by atoms with Gasteiger partial charge in [0.2, 0.25) is 5.91 Å². The molecule has 3 N–H and O–H groups in total. The maximum Gasteiger partial charge on any atom is 0.254 e. The summed E-state index contributed by atoms with van der Waals surface area (Å²) in [6.45, 7) is 3.54. The SMILES string of the molecule is C=CC(=O)NC1CCCCC(c2cc(Oc3ccc(Oc4ccccc4)cc3)c(C(N)=O)cn2)C1. The van der Waals surface area contributed by atoms with Crippen LogP contribution in [0.25, 0.3) is 0 Å². The lowest BCUT2D eigenvalue weighted by Crippen LogP contribution is -2.34. The lowest BCUT2D eigenvalue weighted by molar-refractivity contribution is -0.117. The molecule has 1 aliphatic rings. The molecular weight excluding hydrogens is 442 g/mol. The van der Waals surface area contributed by atoms with Gasteiger partial charge < -0.3 is 20.5 Å². The summed E-state index contributed by atoms with van der Waals surface area (Å²) in [7, 11) is 0. The number of para-hydroxylation sites is 1. The largest absolute Gasteiger partial charge is 0.457 e. The zero-order chi connectivity index (χ0) is 24.6. The summed E-state index contributed by atoms with van der Waals surface area (Å²) in [6.07, 6.45) is 7.43. The van der Waals surface area contributed by atoms with E-state index in [4.69, 9.17) is 15.2 Å². The fraction of sp³-hybridized carbons (Fsp3) is 0.250. The zero-order valence-electron chi connectivity index (χ0n) is 19.5. The second-order valence-electron chi connectivity index (χ2n) is 8.58. The molecule has 7 nitrogen and oxygen atoms in total. The first-order valence-corrected chi connectivity index (χ1v) is 11.8. The Morgan fingerprint density at radius 1 is 0.971 bits per heavy atom. The number of rotatable bonds is 8. The number of nitrogens with two attached hydrogens (primary N) is 1. The number of hydrogen-bond donors (Lipinski definition) is 2. The maximum absolute atomic E-state index is 12.0. The Morgan fingerprint density at radius 2 is 1.63 bits per heavy atom. The van der Waals surface area contributed by atoms with Crippen LogP contribution in [0.2, 0.25) is 0 Å². The van der Waals surface area contributed by atoms with E-state index in [1.54, 1.807) is 30.3 Å². The van der Waals surface area contributed by atoms with Crippen LogP contribution < -0.4 is 20.5 Å². The Kier molecular flexibility index (Phi) is 7.77. The minimum absolute atomic E-state index is 0.0483. The van der Waals surface area contributed by atoms with Gasteiger partial charge in [-0.1, -0.05) is 37.6 Å². The predicted molar refractivity (Wildman–Crippen MR) is 134 cm³/mol. The van der Waals surface area contributed by atoms with Crippen LogP contribution in [0.1, 0.15) is 54.1 Å². The van der Waals surface area contributed by atoms with E-state index >= 15 is 0 Å². The Hall–Kier alpha value is -4.13. The molecule has 1 heterocycles. The fourth-order valence-electron chi connectivity index (χ4n) is 4.29. The van der Waals surface area contributed by atoms with Crippen molar-refractivity contribution in [3.63, 3.8) is 0 Å². The maximum atomic E-state index is 12.0. The minimum Gasteiger partial charge on any atom is -0.457 e. The number of ether oxygens (including phenoxy) is 2. The van der Waals surface area contributed by atoms with Gasteiger partial charge in [0.25, 0.3) is 5.91 Å². The van der Waals surface area contributed by atoms with Crippen molar-refractivity contribution < 1.29 is 19.1 Å². The Morgan fingerprint density at radius 3 is 2.31 bits per heavy atom. The lowest BCUT2D eigenvalue weighted by atomic mass is 9.93. The van der Waals surface area contributed by atoms with Crippen molar-refractivity contribution in [1.82, 2.24) is 10.3 Å². The highest BCUT2D eigenvalue weighted by Gasteiger charge is 2.25. The molecule has 2 amide bonds. The van der Waals surface area contributed by atoms with Gasteiger partial charge in [0.15, 0.2) is 0 Å². The summed E-state index contributed by atoms with van der Waals surface area (Å²) in [5.74, 6) is 1.65. The Balaban J connectivity index is 1.52. The first-order chi connectivity index (χ1) is 17.0. The number of hydrogen-bond acceptors (Lipinski definition) is 5. The number of pyridine rings is 1. The summed E-state index contributed by atoms with van der Waals surface area (Å²) in [4.78, 5) is 28.4. The van der Waals surface area contributed by atoms with E-state index < -0.39 is 5.91 Å². The third kappa shape index (κ3) is 6.47. The van der Waals surface area contributed by atoms with Gasteiger partial charge in [-0.25, -0.2) is 0 Å². The van der Waals surface area contributed by atoms with Gasteiger partial charge in [0.1, 0.15) is 28.6 Å². The minimum atomic E-state index is -0.611. The van der Waals surface area contributed by atoms with Crippen molar-refractivity contribution in [2.75, 3.05) is 0 Å². The summed E-state index contributed by atoms with van der Waals surface area (Å²) >= 11 is 0. The van der Waals surface area contributed by atoms with Crippen molar-refractivity contribution in [1.29, 1.82) is 0 Å². The topological polar surface area (TPSA) is 104 Å². The molecular formula is C28H29N3O4. The molecule has 0 bridgehead atoms. The zero-order valence-corrected chi connectivity index (χ0v) is 19.5. The van der Waals surface area contributed by atoms with E-state index in [0.717, 1.165) is 43.5 Å². The number of carbonyl (C=O) groups is 2. The van der Waals surface area contributed by atoms with E-state index in [9.17, 15) is 9.59 Å². The third-order valence-electron chi connectivity index (χ3n) is 6.06. The molecule has 2 aromatic carbocycles. The van der Waals surface area contributed by atoms with Gasteiger partial charge in [0, 0.05) is 29.9 Å². The number of primary amides is 1. The quantitative estimate of drug-likeness (QED) is 0.334. The van der Waals surface area contributed by atoms with Crippen LogP contribution in [0.15, 0.2) is 79.5 Å². The van der Waals surface area contributed by atoms with Gasteiger partial charge in [-0.05, 0) is 61.7 Å². The molecule has 0 aliphatic heterocycles. The van der Waals surface area contributed by atoms with E-state index in [1.807, 2.05) is 30.3 Å². The predicted octanol–water partition coefficient (Wildman–Crippen LogP) is 5.48. The first kappa shape index (κ1) is 24.0. The highest BCUT2D eigenvalue weighted by Crippen LogP contribution is 2.35. The molecule has 0 radical (unpaired) electrons. The van der Waals surface area contributed by atoms with Crippen LogP contribution in [-0.2, 0) is 4.79 Å². The molecule has 1 saturated carbocycles. The number of amides is 2. The molecule has 7 heteroatoms. The Bertz CT molecular complexity index is 1180. The summed E-state index contributed by atoms with van der Waals surface area (Å²) in [5, 5.41) is 3.01. The average molecular weight is 472 g/mol. The highest BCUT2D eigenvalue weighted by molar-refractivity contribution is 5.95. The molecule has 1 fully saturated rings. The van der Waals surface area contributed by atoms with Gasteiger partial charge >= 0.3 is 0 Å². The molecule has 1 aliphatic carbocycles. The standard InChI is InChI=1S/C28H29N3O4/c1-2-27(32)31-20-9-7-6-8-19(16-20)25-17-26(24(18-30-25)28(29)33)35-23-14-12-22(13-15-23)34-21-10-4-3-5-11-21/h2-5,10-15,17-20H,1,6-9,16H2,(H2,29,33)(H,31,32). The summed E-state index contributed by atoms with van der Waals surface area (Å²) in [6, 6.07) is 18.5. The molecule has 0 saturated heterocycles. The number of carbonyl (C=O) groups excluding carboxylic acids is 2. The molecule has 180 valence electrons. The second-order valence-corrected chi connectivity index (χ2v) is 8.58. The van der Waals surface area contributed by atoms with Crippen molar-refractivity contribution >= 4 is 11.8 Å². The Labute approximate surface area is 205 Å². The third-order valence-corrected chi connectivity index (χ3v) is 6.06. The van der Waals surface area contributed by atoms with E-state index in [0.29, 0.717) is 17.2 Å². The molecule has 4 rings (SSSR count). The van der Waals surface area contributed by atoms with Crippen molar-refractivity contribution in [3.05, 3.63) is 90.8 Å². The smallest absolute Gasteiger partial charge is 0.254 e. The first-order valence-electron chi connectivity index (χ1n) is 11.8. The lowest BCUT2D eigenvalue weighted by Gasteiger charge is -2.21. The number of nitrogens with zero attached hydrogens (tertiary/aromatic N) is 1. The number of aromatic nitrogens is 1. The van der Waals surface area contributed by atoms with Crippen LogP contribution in [0.3, 0.4) is 0 Å². The van der Waals surface area contributed by atoms with Crippen LogP contribution in [0.5, 0.6) is 23.0 Å². The second kappa shape index (κ2) is 11.3. The van der Waals surface area contributed by atoms with Gasteiger partial charge in [-0.2, -0.15) is 0 Å². The van der Waals surface area contributed by atoms with Gasteiger partial charge in [0.05, 0.1) is 0 Å². The average Bonchev–Trinajstić information content (AvgIpc) is 3.11. The van der Waals surface area contributed by atoms with E-state index in [2.05, 4.69) is 16.9 Å². The molecule has 2 atom stereocenters. The molecule has 0 spiro atoms. The molecule has 2 unspecified atom stereocenters. The van der Waals surface area contributed by atoms with Crippen LogP contribution in [0, 0.1) is 0 Å². The monoisotopic (exact) mass is 471 g/mol. The van der Waals surface area contributed by atoms with E-state index in [-0.39, 0.29) is 23.4 Å². The van der Waals surface area contributed by atoms with Crippen molar-refractivity contribution in [3.8, 4) is 23.0 Å². The fourth-order valence-corrected chi connectivity index (χ4v) is 4.29. The molecule has 35 heavy (non-hydrogen) atoms. The van der Waals surface area contributed by atoms with Crippen LogP contribution >= 0.6 is 0 Å². The highest BCUT2D eigenvalue weighted by atomic mass is 16.5. The van der Waals surface area contributed by atoms with Gasteiger partial charge in [-0.3, -0.25) is 14.6 Å². The van der Waals surface area contributed by atoms with Gasteiger partial charge in [-0.15, -0.1) is 0 Å². The summed E-state index contributed by atoms with van der Waals surface area (Å²) < 4.78 is 11.9. The van der Waals surface area contributed by atoms with Crippen molar-refractivity contribution in [2.24, 2.45) is 5.73 Å². The molecule has 3 aromatic rings. The normalized spacial score (nSPS) is 17.6.